The molecule has 0 saturated carbocycles. The summed E-state index contributed by atoms with van der Waals surface area (Å²) in [5.41, 5.74) is 3.13. The maximum absolute atomic E-state index is 12.4. The van der Waals surface area contributed by atoms with Gasteiger partial charge in [0, 0.05) is 19.0 Å². The Morgan fingerprint density at radius 2 is 1.96 bits per heavy atom. The normalized spacial score (nSPS) is 15.0. The van der Waals surface area contributed by atoms with Crippen LogP contribution in [0.15, 0.2) is 30.3 Å². The molecule has 5 nitrogen and oxygen atoms in total. The van der Waals surface area contributed by atoms with Crippen LogP contribution in [-0.2, 0) is 30.3 Å². The largest absolute Gasteiger partial charge is 0.445 e. The number of nitrogens with zero attached hydrogens (tertiary/aromatic N) is 3. The van der Waals surface area contributed by atoms with Gasteiger partial charge in [0.1, 0.15) is 12.4 Å². The lowest BCUT2D eigenvalue weighted by molar-refractivity contribution is 0.0860. The Bertz CT molecular complexity index is 758. The van der Waals surface area contributed by atoms with Crippen molar-refractivity contribution >= 4 is 17.7 Å². The van der Waals surface area contributed by atoms with E-state index in [1.165, 1.54) is 0 Å². The lowest BCUT2D eigenvalue weighted by atomic mass is 9.94. The van der Waals surface area contributed by atoms with Crippen LogP contribution in [-0.4, -0.2) is 27.1 Å². The third-order valence-corrected chi connectivity index (χ3v) is 5.38. The topological polar surface area (TPSA) is 47.4 Å². The van der Waals surface area contributed by atoms with E-state index in [2.05, 4.69) is 25.3 Å². The Kier molecular flexibility index (Phi) is 5.87. The highest BCUT2D eigenvalue weighted by Gasteiger charge is 2.28. The number of aromatic nitrogens is 2. The average Bonchev–Trinajstić information content (AvgIpc) is 3.03. The third kappa shape index (κ3) is 3.88. The van der Waals surface area contributed by atoms with E-state index in [0.29, 0.717) is 37.4 Å². The standard InChI is InChI=1S/C20H26ClN3O2/c1-14(2)15(3)19-17(11-21)24-10-9-23(12-18(24)22-19)20(25)26-13-16-7-5-4-6-8-16/h4-8,14-15H,9-13H2,1-3H3. The maximum atomic E-state index is 12.4. The van der Waals surface area contributed by atoms with Crippen LogP contribution in [0.5, 0.6) is 0 Å². The van der Waals surface area contributed by atoms with E-state index in [4.69, 9.17) is 21.3 Å². The van der Waals surface area contributed by atoms with Crippen molar-refractivity contribution in [2.24, 2.45) is 5.92 Å². The monoisotopic (exact) mass is 375 g/mol. The zero-order valence-electron chi connectivity index (χ0n) is 15.6. The maximum Gasteiger partial charge on any atom is 0.410 e. The summed E-state index contributed by atoms with van der Waals surface area (Å²) in [6.07, 6.45) is -0.297. The number of ether oxygens (including phenoxy) is 1. The zero-order valence-corrected chi connectivity index (χ0v) is 16.4. The van der Waals surface area contributed by atoms with Crippen LogP contribution in [0.1, 0.15) is 49.5 Å². The Hall–Kier alpha value is -2.01. The highest BCUT2D eigenvalue weighted by atomic mass is 35.5. The number of hydrogen-bond acceptors (Lipinski definition) is 3. The second kappa shape index (κ2) is 8.12. The fourth-order valence-corrected chi connectivity index (χ4v) is 3.48. The summed E-state index contributed by atoms with van der Waals surface area (Å²) in [6, 6.07) is 9.71. The molecule has 26 heavy (non-hydrogen) atoms. The van der Waals surface area contributed by atoms with Gasteiger partial charge in [-0.25, -0.2) is 9.78 Å². The number of fused-ring (bicyclic) bond motifs is 1. The zero-order chi connectivity index (χ0) is 18.7. The fraction of sp³-hybridized carbons (Fsp3) is 0.500. The van der Waals surface area contributed by atoms with Gasteiger partial charge in [0.25, 0.3) is 0 Å². The molecule has 0 radical (unpaired) electrons. The van der Waals surface area contributed by atoms with Gasteiger partial charge in [0.2, 0.25) is 0 Å². The molecule has 1 aromatic carbocycles. The molecule has 1 unspecified atom stereocenters. The highest BCUT2D eigenvalue weighted by molar-refractivity contribution is 6.17. The van der Waals surface area contributed by atoms with E-state index in [1.54, 1.807) is 4.90 Å². The van der Waals surface area contributed by atoms with Crippen molar-refractivity contribution < 1.29 is 9.53 Å². The molecule has 0 spiro atoms. The number of alkyl halides is 1. The van der Waals surface area contributed by atoms with E-state index < -0.39 is 0 Å². The van der Waals surface area contributed by atoms with Gasteiger partial charge in [0.05, 0.1) is 23.8 Å². The van der Waals surface area contributed by atoms with Crippen LogP contribution in [0.4, 0.5) is 4.79 Å². The van der Waals surface area contributed by atoms with Crippen LogP contribution in [0.25, 0.3) is 0 Å². The second-order valence-corrected chi connectivity index (χ2v) is 7.41. The molecule has 1 aliphatic rings. The van der Waals surface area contributed by atoms with Gasteiger partial charge in [-0.2, -0.15) is 0 Å². The number of imidazole rings is 1. The van der Waals surface area contributed by atoms with Crippen molar-refractivity contribution in [3.8, 4) is 0 Å². The second-order valence-electron chi connectivity index (χ2n) is 7.14. The highest BCUT2D eigenvalue weighted by Crippen LogP contribution is 2.30. The lowest BCUT2D eigenvalue weighted by Crippen LogP contribution is -2.39. The summed E-state index contributed by atoms with van der Waals surface area (Å²) >= 11 is 6.21. The Balaban J connectivity index is 1.70. The molecule has 0 saturated heterocycles. The minimum Gasteiger partial charge on any atom is -0.445 e. The number of halogens is 1. The quantitative estimate of drug-likeness (QED) is 0.721. The molecule has 140 valence electrons. The van der Waals surface area contributed by atoms with E-state index >= 15 is 0 Å². The first-order chi connectivity index (χ1) is 12.5. The van der Waals surface area contributed by atoms with Gasteiger partial charge in [-0.1, -0.05) is 51.1 Å². The molecular weight excluding hydrogens is 350 g/mol. The van der Waals surface area contributed by atoms with Gasteiger partial charge in [0.15, 0.2) is 0 Å². The lowest BCUT2D eigenvalue weighted by Gasteiger charge is -2.27. The van der Waals surface area contributed by atoms with Gasteiger partial charge in [-0.3, -0.25) is 4.90 Å². The first kappa shape index (κ1) is 18.8. The van der Waals surface area contributed by atoms with E-state index in [-0.39, 0.29) is 12.7 Å². The fourth-order valence-electron chi connectivity index (χ4n) is 3.20. The molecular formula is C20H26ClN3O2. The minimum absolute atomic E-state index is 0.285. The molecule has 0 fully saturated rings. The van der Waals surface area contributed by atoms with Crippen molar-refractivity contribution in [1.82, 2.24) is 14.5 Å². The summed E-state index contributed by atoms with van der Waals surface area (Å²) in [6.45, 7) is 8.62. The molecule has 1 atom stereocenters. The number of carbonyl (C=O) groups is 1. The molecule has 1 aromatic heterocycles. The smallest absolute Gasteiger partial charge is 0.410 e. The molecule has 2 aromatic rings. The molecule has 0 N–H and O–H groups in total. The van der Waals surface area contributed by atoms with Crippen molar-refractivity contribution in [3.63, 3.8) is 0 Å². The predicted molar refractivity (Wildman–Crippen MR) is 102 cm³/mol. The van der Waals surface area contributed by atoms with E-state index in [1.807, 2.05) is 30.3 Å². The molecule has 3 rings (SSSR count). The van der Waals surface area contributed by atoms with Crippen LogP contribution in [0.2, 0.25) is 0 Å². The Morgan fingerprint density at radius 1 is 1.23 bits per heavy atom. The first-order valence-electron chi connectivity index (χ1n) is 9.11. The van der Waals surface area contributed by atoms with Crippen molar-refractivity contribution in [1.29, 1.82) is 0 Å². The predicted octanol–water partition coefficient (Wildman–Crippen LogP) is 4.53. The van der Waals surface area contributed by atoms with Gasteiger partial charge < -0.3 is 9.30 Å². The number of rotatable bonds is 5. The van der Waals surface area contributed by atoms with Crippen molar-refractivity contribution in [3.05, 3.63) is 53.1 Å². The first-order valence-corrected chi connectivity index (χ1v) is 9.64. The van der Waals surface area contributed by atoms with Crippen molar-refractivity contribution in [2.75, 3.05) is 6.54 Å². The molecule has 1 aliphatic heterocycles. The van der Waals surface area contributed by atoms with Gasteiger partial charge >= 0.3 is 6.09 Å². The summed E-state index contributed by atoms with van der Waals surface area (Å²) in [5, 5.41) is 0. The van der Waals surface area contributed by atoms with Crippen LogP contribution < -0.4 is 0 Å². The average molecular weight is 376 g/mol. The summed E-state index contributed by atoms with van der Waals surface area (Å²) in [5.74, 6) is 2.16. The van der Waals surface area contributed by atoms with Crippen LogP contribution in [0.3, 0.4) is 0 Å². The molecule has 6 heteroatoms. The van der Waals surface area contributed by atoms with Gasteiger partial charge in [-0.15, -0.1) is 11.6 Å². The minimum atomic E-state index is -0.297. The van der Waals surface area contributed by atoms with Gasteiger partial charge in [-0.05, 0) is 11.5 Å². The summed E-state index contributed by atoms with van der Waals surface area (Å²) < 4.78 is 7.62. The molecule has 0 bridgehead atoms. The molecule has 0 aliphatic carbocycles. The third-order valence-electron chi connectivity index (χ3n) is 5.13. The number of hydrogen-bond donors (Lipinski definition) is 0. The number of amides is 1. The molecule has 2 heterocycles. The number of benzene rings is 1. The summed E-state index contributed by atoms with van der Waals surface area (Å²) in [7, 11) is 0. The number of carbonyl (C=O) groups excluding carboxylic acids is 1. The van der Waals surface area contributed by atoms with E-state index in [0.717, 1.165) is 22.8 Å². The SMILES string of the molecule is CC(C)C(C)c1nc2n(c1CCl)CCN(C(=O)OCc1ccccc1)C2. The Labute approximate surface area is 159 Å². The summed E-state index contributed by atoms with van der Waals surface area (Å²) in [4.78, 5) is 19.0. The molecule has 1 amide bonds. The van der Waals surface area contributed by atoms with Crippen LogP contribution in [0, 0.1) is 5.92 Å². The van der Waals surface area contributed by atoms with Crippen molar-refractivity contribution in [2.45, 2.75) is 52.3 Å². The Morgan fingerprint density at radius 3 is 2.62 bits per heavy atom. The van der Waals surface area contributed by atoms with Crippen LogP contribution >= 0.6 is 11.6 Å². The van der Waals surface area contributed by atoms with E-state index in [9.17, 15) is 4.79 Å².